The fourth-order valence-electron chi connectivity index (χ4n) is 6.02. The molecule has 0 spiro atoms. The van der Waals surface area contributed by atoms with Crippen molar-refractivity contribution in [1.29, 1.82) is 0 Å². The van der Waals surface area contributed by atoms with Crippen molar-refractivity contribution in [2.45, 2.75) is 174 Å². The first kappa shape index (κ1) is 60.7. The third-order valence-corrected chi connectivity index (χ3v) is 10.8. The normalized spacial score (nSPS) is 14.4. The quantitative estimate of drug-likeness (QED) is 0.0195. The van der Waals surface area contributed by atoms with E-state index in [9.17, 15) is 19.0 Å². The standard InChI is InChI=1S/C54H90NO8P/c1-6-8-10-12-14-16-18-20-22-24-26-27-29-31-33-35-37-39-41-43-45-47-54(57)63-52(51-62-64(58,59)61-49-48-55(3,4)5)50-60-53(56)46-44-42-40-38-36-34-32-30-28-25-23-21-19-17-15-13-11-9-7-2/h8-11,14-17,20-23,26-28,30-31,33,52H,6-7,12-13,18-19,24-25,29,32,34-51H2,1-5H3/b10-8-,11-9-,16-14-,17-15-,22-20-,23-21-,27-26-,30-28-,33-31-. The van der Waals surface area contributed by atoms with Crippen molar-refractivity contribution in [3.05, 3.63) is 109 Å². The topological polar surface area (TPSA) is 111 Å². The van der Waals surface area contributed by atoms with Crippen LogP contribution in [0.3, 0.4) is 0 Å². The third-order valence-electron chi connectivity index (χ3n) is 9.79. The molecule has 0 amide bonds. The van der Waals surface area contributed by atoms with Crippen LogP contribution in [-0.4, -0.2) is 70.0 Å². The van der Waals surface area contributed by atoms with Crippen LogP contribution in [-0.2, 0) is 32.7 Å². The minimum atomic E-state index is -4.65. The van der Waals surface area contributed by atoms with Gasteiger partial charge >= 0.3 is 11.9 Å². The fourth-order valence-corrected chi connectivity index (χ4v) is 6.75. The minimum absolute atomic E-state index is 0.0443. The smallest absolute Gasteiger partial charge is 0.306 e. The molecule has 0 aromatic rings. The summed E-state index contributed by atoms with van der Waals surface area (Å²) >= 11 is 0. The molecule has 364 valence electrons. The number of carbonyl (C=O) groups excluding carboxylic acids is 2. The average Bonchev–Trinajstić information content (AvgIpc) is 3.25. The van der Waals surface area contributed by atoms with Crippen LogP contribution in [0.15, 0.2) is 109 Å². The van der Waals surface area contributed by atoms with Gasteiger partial charge in [0, 0.05) is 12.8 Å². The van der Waals surface area contributed by atoms with Crippen molar-refractivity contribution in [1.82, 2.24) is 0 Å². The summed E-state index contributed by atoms with van der Waals surface area (Å²) in [7, 11) is 1.12. The van der Waals surface area contributed by atoms with E-state index in [1.807, 2.05) is 21.1 Å². The van der Waals surface area contributed by atoms with E-state index in [4.69, 9.17) is 18.5 Å². The summed E-state index contributed by atoms with van der Waals surface area (Å²) in [6, 6.07) is 0. The van der Waals surface area contributed by atoms with Gasteiger partial charge in [0.1, 0.15) is 19.8 Å². The lowest BCUT2D eigenvalue weighted by Crippen LogP contribution is -2.37. The molecule has 0 N–H and O–H groups in total. The van der Waals surface area contributed by atoms with E-state index >= 15 is 0 Å². The first-order valence-corrected chi connectivity index (χ1v) is 26.1. The highest BCUT2D eigenvalue weighted by Gasteiger charge is 2.21. The molecule has 64 heavy (non-hydrogen) atoms. The first-order valence-electron chi connectivity index (χ1n) is 24.6. The molecule has 0 aromatic heterocycles. The fraction of sp³-hybridized carbons (Fsp3) is 0.630. The number of unbranched alkanes of at least 4 members (excludes halogenated alkanes) is 11. The van der Waals surface area contributed by atoms with Crippen LogP contribution in [0.1, 0.15) is 168 Å². The zero-order valence-electron chi connectivity index (χ0n) is 40.9. The summed E-state index contributed by atoms with van der Waals surface area (Å²) in [4.78, 5) is 37.7. The lowest BCUT2D eigenvalue weighted by atomic mass is 10.1. The minimum Gasteiger partial charge on any atom is -0.756 e. The highest BCUT2D eigenvalue weighted by molar-refractivity contribution is 7.45. The van der Waals surface area contributed by atoms with Gasteiger partial charge in [-0.1, -0.05) is 168 Å². The molecule has 0 saturated heterocycles. The molecule has 0 aliphatic rings. The van der Waals surface area contributed by atoms with E-state index in [2.05, 4.69) is 123 Å². The number of hydrogen-bond acceptors (Lipinski definition) is 8. The van der Waals surface area contributed by atoms with Crippen molar-refractivity contribution in [2.75, 3.05) is 47.5 Å². The van der Waals surface area contributed by atoms with Crippen LogP contribution in [0.25, 0.3) is 0 Å². The Hall–Kier alpha value is -3.33. The van der Waals surface area contributed by atoms with E-state index in [0.29, 0.717) is 23.9 Å². The second-order valence-corrected chi connectivity index (χ2v) is 18.5. The Kier molecular flexibility index (Phi) is 42.5. The molecule has 0 saturated carbocycles. The number of esters is 2. The third kappa shape index (κ3) is 48.1. The molecule has 0 rings (SSSR count). The summed E-state index contributed by atoms with van der Waals surface area (Å²) in [6.45, 7) is 3.94. The molecule has 0 radical (unpaired) electrons. The molecule has 0 heterocycles. The number of ether oxygens (including phenoxy) is 2. The van der Waals surface area contributed by atoms with Crippen molar-refractivity contribution in [3.63, 3.8) is 0 Å². The SMILES string of the molecule is CC/C=C\C/C=C\C/C=C\C/C=C\C/C=C\CCCCCCCC(=O)OC(COC(=O)CCCCCCCC/C=C\C/C=C\C/C=C\C/C=C\CC)COP(=O)([O-])OCC[N+](C)(C)C. The van der Waals surface area contributed by atoms with Gasteiger partial charge in [0.05, 0.1) is 27.7 Å². The number of nitrogens with zero attached hydrogens (tertiary/aromatic N) is 1. The van der Waals surface area contributed by atoms with Crippen LogP contribution >= 0.6 is 7.82 Å². The number of likely N-dealkylation sites (N-methyl/N-ethyl adjacent to an activating group) is 1. The van der Waals surface area contributed by atoms with Gasteiger partial charge in [0.2, 0.25) is 0 Å². The molecular weight excluding hydrogens is 822 g/mol. The molecule has 10 heteroatoms. The molecule has 0 aromatic carbocycles. The summed E-state index contributed by atoms with van der Waals surface area (Å²) in [5.74, 6) is -0.883. The predicted octanol–water partition coefficient (Wildman–Crippen LogP) is 14.1. The average molecular weight is 912 g/mol. The van der Waals surface area contributed by atoms with E-state index in [-0.39, 0.29) is 26.1 Å². The van der Waals surface area contributed by atoms with Crippen LogP contribution in [0, 0.1) is 0 Å². The van der Waals surface area contributed by atoms with Crippen molar-refractivity contribution >= 4 is 19.8 Å². The van der Waals surface area contributed by atoms with Gasteiger partial charge in [-0.25, -0.2) is 0 Å². The lowest BCUT2D eigenvalue weighted by molar-refractivity contribution is -0.870. The van der Waals surface area contributed by atoms with Gasteiger partial charge in [-0.05, 0) is 96.3 Å². The maximum absolute atomic E-state index is 12.7. The molecular formula is C54H90NO8P. The molecule has 0 aliphatic heterocycles. The number of allylic oxidation sites excluding steroid dienone is 18. The second kappa shape index (κ2) is 44.9. The molecule has 2 unspecified atom stereocenters. The second-order valence-electron chi connectivity index (χ2n) is 17.1. The monoisotopic (exact) mass is 912 g/mol. The van der Waals surface area contributed by atoms with Gasteiger partial charge in [0.15, 0.2) is 6.10 Å². The molecule has 0 aliphatic carbocycles. The Balaban J connectivity index is 4.38. The summed E-state index contributed by atoms with van der Waals surface area (Å²) in [5, 5.41) is 0. The van der Waals surface area contributed by atoms with E-state index in [1.165, 1.54) is 0 Å². The summed E-state index contributed by atoms with van der Waals surface area (Å²) in [5.41, 5.74) is 0. The number of carbonyl (C=O) groups is 2. The Morgan fingerprint density at radius 2 is 0.844 bits per heavy atom. The Morgan fingerprint density at radius 1 is 0.484 bits per heavy atom. The van der Waals surface area contributed by atoms with Gasteiger partial charge < -0.3 is 27.9 Å². The van der Waals surface area contributed by atoms with Crippen LogP contribution < -0.4 is 4.89 Å². The van der Waals surface area contributed by atoms with Crippen LogP contribution in [0.2, 0.25) is 0 Å². The number of hydrogen-bond donors (Lipinski definition) is 0. The molecule has 0 bridgehead atoms. The maximum atomic E-state index is 12.7. The van der Waals surface area contributed by atoms with Gasteiger partial charge in [0.25, 0.3) is 7.82 Å². The first-order chi connectivity index (χ1) is 31.0. The Bertz CT molecular complexity index is 1450. The van der Waals surface area contributed by atoms with Gasteiger partial charge in [-0.15, -0.1) is 0 Å². The van der Waals surface area contributed by atoms with E-state index in [1.54, 1.807) is 0 Å². The number of rotatable bonds is 43. The van der Waals surface area contributed by atoms with Crippen LogP contribution in [0.4, 0.5) is 0 Å². The zero-order valence-corrected chi connectivity index (χ0v) is 41.8. The number of phosphoric ester groups is 1. The lowest BCUT2D eigenvalue weighted by Gasteiger charge is -2.28. The van der Waals surface area contributed by atoms with Gasteiger partial charge in [-0.2, -0.15) is 0 Å². The van der Waals surface area contributed by atoms with Crippen molar-refractivity contribution in [3.8, 4) is 0 Å². The molecule has 2 atom stereocenters. The predicted molar refractivity (Wildman–Crippen MR) is 268 cm³/mol. The number of quaternary nitrogens is 1. The summed E-state index contributed by atoms with van der Waals surface area (Å²) in [6.07, 6.45) is 61.1. The summed E-state index contributed by atoms with van der Waals surface area (Å²) < 4.78 is 34.0. The molecule has 0 fully saturated rings. The van der Waals surface area contributed by atoms with Crippen molar-refractivity contribution < 1.29 is 42.1 Å². The zero-order chi connectivity index (χ0) is 47.1. The van der Waals surface area contributed by atoms with Gasteiger partial charge in [-0.3, -0.25) is 14.2 Å². The largest absolute Gasteiger partial charge is 0.756 e. The highest BCUT2D eigenvalue weighted by atomic mass is 31.2. The van der Waals surface area contributed by atoms with E-state index < -0.39 is 32.5 Å². The Morgan fingerprint density at radius 3 is 1.25 bits per heavy atom. The van der Waals surface area contributed by atoms with Crippen LogP contribution in [0.5, 0.6) is 0 Å². The van der Waals surface area contributed by atoms with Crippen molar-refractivity contribution in [2.24, 2.45) is 0 Å². The maximum Gasteiger partial charge on any atom is 0.306 e. The number of phosphoric acid groups is 1. The highest BCUT2D eigenvalue weighted by Crippen LogP contribution is 2.38. The Labute approximate surface area is 391 Å². The molecule has 9 nitrogen and oxygen atoms in total. The van der Waals surface area contributed by atoms with E-state index in [0.717, 1.165) is 128 Å².